The van der Waals surface area contributed by atoms with Gasteiger partial charge in [-0.2, -0.15) is 0 Å². The Morgan fingerprint density at radius 1 is 1.22 bits per heavy atom. The quantitative estimate of drug-likeness (QED) is 0.892. The molecule has 2 aromatic carbocycles. The zero-order chi connectivity index (χ0) is 19.6. The van der Waals surface area contributed by atoms with Gasteiger partial charge in [-0.3, -0.25) is 4.79 Å². The third-order valence-electron chi connectivity index (χ3n) is 5.43. The molecule has 4 nitrogen and oxygen atoms in total. The molecular weight excluding hydrogens is 336 g/mol. The first-order valence-electron chi connectivity index (χ1n) is 9.56. The van der Waals surface area contributed by atoms with Gasteiger partial charge in [-0.15, -0.1) is 0 Å². The van der Waals surface area contributed by atoms with Crippen LogP contribution in [0, 0.1) is 19.8 Å². The van der Waals surface area contributed by atoms with Gasteiger partial charge < -0.3 is 15.0 Å². The lowest BCUT2D eigenvalue weighted by molar-refractivity contribution is 0.0722. The first kappa shape index (κ1) is 19.4. The summed E-state index contributed by atoms with van der Waals surface area (Å²) >= 11 is 0. The molecule has 144 valence electrons. The number of carbonyl (C=O) groups excluding carboxylic acids is 1. The minimum absolute atomic E-state index is 0.0734. The Balaban J connectivity index is 2.02. The van der Waals surface area contributed by atoms with E-state index in [2.05, 4.69) is 36.3 Å². The highest BCUT2D eigenvalue weighted by atomic mass is 16.5. The van der Waals surface area contributed by atoms with Crippen molar-refractivity contribution in [2.75, 3.05) is 27.2 Å². The second kappa shape index (κ2) is 7.73. The summed E-state index contributed by atoms with van der Waals surface area (Å²) in [4.78, 5) is 15.7. The van der Waals surface area contributed by atoms with Crippen LogP contribution in [0.1, 0.15) is 40.4 Å². The van der Waals surface area contributed by atoms with Crippen LogP contribution in [0.4, 0.5) is 0 Å². The second-order valence-corrected chi connectivity index (χ2v) is 8.07. The van der Waals surface area contributed by atoms with Crippen LogP contribution in [-0.4, -0.2) is 38.1 Å². The molecule has 3 rings (SSSR count). The maximum absolute atomic E-state index is 13.4. The number of aryl methyl sites for hydroxylation is 2. The van der Waals surface area contributed by atoms with E-state index in [1.54, 1.807) is 7.11 Å². The summed E-state index contributed by atoms with van der Waals surface area (Å²) in [5.41, 5.74) is 3.39. The van der Waals surface area contributed by atoms with E-state index in [4.69, 9.17) is 4.74 Å². The van der Waals surface area contributed by atoms with Crippen LogP contribution in [0.5, 0.6) is 5.75 Å². The Labute approximate surface area is 162 Å². The monoisotopic (exact) mass is 366 g/mol. The summed E-state index contributed by atoms with van der Waals surface area (Å²) in [5, 5.41) is 3.40. The summed E-state index contributed by atoms with van der Waals surface area (Å²) in [5.74, 6) is 1.05. The zero-order valence-electron chi connectivity index (χ0n) is 17.0. The van der Waals surface area contributed by atoms with Crippen LogP contribution in [0.2, 0.25) is 0 Å². The molecule has 1 N–H and O–H groups in total. The van der Waals surface area contributed by atoms with Crippen molar-refractivity contribution < 1.29 is 9.53 Å². The number of nitrogens with one attached hydrogen (secondary N) is 1. The summed E-state index contributed by atoms with van der Waals surface area (Å²) < 4.78 is 5.53. The van der Waals surface area contributed by atoms with Gasteiger partial charge in [-0.1, -0.05) is 43.3 Å². The van der Waals surface area contributed by atoms with Crippen molar-refractivity contribution in [2.45, 2.75) is 32.7 Å². The third-order valence-corrected chi connectivity index (χ3v) is 5.43. The molecule has 1 saturated heterocycles. The van der Waals surface area contributed by atoms with Crippen molar-refractivity contribution >= 4 is 5.91 Å². The van der Waals surface area contributed by atoms with Crippen LogP contribution in [-0.2, 0) is 5.54 Å². The molecule has 1 aliphatic rings. The highest BCUT2D eigenvalue weighted by molar-refractivity contribution is 5.99. The fourth-order valence-electron chi connectivity index (χ4n) is 4.57. The predicted octanol–water partition coefficient (Wildman–Crippen LogP) is 3.91. The molecule has 1 amide bonds. The van der Waals surface area contributed by atoms with Crippen LogP contribution >= 0.6 is 0 Å². The van der Waals surface area contributed by atoms with Gasteiger partial charge in [0.1, 0.15) is 5.75 Å². The average molecular weight is 367 g/mol. The minimum atomic E-state index is -0.410. The van der Waals surface area contributed by atoms with E-state index < -0.39 is 5.54 Å². The van der Waals surface area contributed by atoms with E-state index in [0.717, 1.165) is 36.2 Å². The molecule has 0 bridgehead atoms. The normalized spacial score (nSPS) is 23.1. The molecule has 27 heavy (non-hydrogen) atoms. The van der Waals surface area contributed by atoms with Gasteiger partial charge in [0.2, 0.25) is 0 Å². The van der Waals surface area contributed by atoms with Crippen LogP contribution in [0.3, 0.4) is 0 Å². The molecule has 0 aliphatic carbocycles. The first-order chi connectivity index (χ1) is 12.8. The molecule has 0 spiro atoms. The van der Waals surface area contributed by atoms with E-state index >= 15 is 0 Å². The maximum atomic E-state index is 13.4. The molecule has 0 radical (unpaired) electrons. The van der Waals surface area contributed by atoms with Gasteiger partial charge in [0.15, 0.2) is 0 Å². The Bertz CT molecular complexity index is 807. The molecule has 2 atom stereocenters. The molecule has 0 unspecified atom stereocenters. The van der Waals surface area contributed by atoms with Crippen molar-refractivity contribution in [2.24, 2.45) is 5.92 Å². The number of benzene rings is 2. The third kappa shape index (κ3) is 4.01. The number of hydrogen-bond donors (Lipinski definition) is 1. The van der Waals surface area contributed by atoms with Crippen molar-refractivity contribution in [1.82, 2.24) is 10.2 Å². The number of ether oxygens (including phenoxy) is 1. The van der Waals surface area contributed by atoms with Gasteiger partial charge in [0, 0.05) is 13.1 Å². The van der Waals surface area contributed by atoms with Crippen molar-refractivity contribution in [3.05, 3.63) is 64.7 Å². The number of piperidine rings is 1. The standard InChI is InChI=1S/C23H30N2O2/c1-16-11-18(3)21(20(12-16)27-5)22(26)24-23(19-9-7-6-8-10-19)13-17(2)14-25(4)15-23/h6-12,17H,13-15H2,1-5H3,(H,24,26)/t17-,23-/m1/s1. The zero-order valence-corrected chi connectivity index (χ0v) is 17.0. The van der Waals surface area contributed by atoms with Crippen LogP contribution < -0.4 is 10.1 Å². The molecule has 2 aromatic rings. The number of nitrogens with zero attached hydrogens (tertiary/aromatic N) is 1. The molecule has 0 saturated carbocycles. The van der Waals surface area contributed by atoms with E-state index in [-0.39, 0.29) is 5.91 Å². The average Bonchev–Trinajstić information content (AvgIpc) is 2.60. The lowest BCUT2D eigenvalue weighted by Gasteiger charge is -2.45. The van der Waals surface area contributed by atoms with Crippen molar-refractivity contribution in [3.8, 4) is 5.75 Å². The summed E-state index contributed by atoms with van der Waals surface area (Å²) in [6.45, 7) is 8.06. The van der Waals surface area contributed by atoms with Gasteiger partial charge in [0.25, 0.3) is 5.91 Å². The number of hydrogen-bond acceptors (Lipinski definition) is 3. The topological polar surface area (TPSA) is 41.6 Å². The van der Waals surface area contributed by atoms with E-state index in [1.165, 1.54) is 0 Å². The number of methoxy groups -OCH3 is 1. The summed E-state index contributed by atoms with van der Waals surface area (Å²) in [6.07, 6.45) is 0.917. The van der Waals surface area contributed by atoms with E-state index in [9.17, 15) is 4.79 Å². The van der Waals surface area contributed by atoms with Gasteiger partial charge in [-0.25, -0.2) is 0 Å². The second-order valence-electron chi connectivity index (χ2n) is 8.07. The van der Waals surface area contributed by atoms with Crippen molar-refractivity contribution in [3.63, 3.8) is 0 Å². The molecule has 4 heteroatoms. The van der Waals surface area contributed by atoms with E-state index in [0.29, 0.717) is 17.2 Å². The van der Waals surface area contributed by atoms with Crippen LogP contribution in [0.15, 0.2) is 42.5 Å². The fourth-order valence-corrected chi connectivity index (χ4v) is 4.57. The first-order valence-corrected chi connectivity index (χ1v) is 9.56. The number of rotatable bonds is 4. The molecular formula is C23H30N2O2. The molecule has 1 heterocycles. The van der Waals surface area contributed by atoms with Crippen molar-refractivity contribution in [1.29, 1.82) is 0 Å². The smallest absolute Gasteiger partial charge is 0.256 e. The minimum Gasteiger partial charge on any atom is -0.496 e. The number of likely N-dealkylation sites (tertiary alicyclic amines) is 1. The predicted molar refractivity (Wildman–Crippen MR) is 109 cm³/mol. The largest absolute Gasteiger partial charge is 0.496 e. The number of carbonyl (C=O) groups is 1. The Morgan fingerprint density at radius 2 is 1.93 bits per heavy atom. The van der Waals surface area contributed by atoms with Crippen LogP contribution in [0.25, 0.3) is 0 Å². The highest BCUT2D eigenvalue weighted by Crippen LogP contribution is 2.35. The lowest BCUT2D eigenvalue weighted by Crippen LogP contribution is -2.57. The molecule has 1 aliphatic heterocycles. The summed E-state index contributed by atoms with van der Waals surface area (Å²) in [7, 11) is 3.74. The van der Waals surface area contributed by atoms with Gasteiger partial charge in [0.05, 0.1) is 18.2 Å². The fraction of sp³-hybridized carbons (Fsp3) is 0.435. The van der Waals surface area contributed by atoms with Gasteiger partial charge in [-0.05, 0) is 56.0 Å². The maximum Gasteiger partial charge on any atom is 0.256 e. The Kier molecular flexibility index (Phi) is 5.56. The lowest BCUT2D eigenvalue weighted by atomic mass is 9.78. The van der Waals surface area contributed by atoms with Gasteiger partial charge >= 0.3 is 0 Å². The Hall–Kier alpha value is -2.33. The summed E-state index contributed by atoms with van der Waals surface area (Å²) in [6, 6.07) is 14.3. The van der Waals surface area contributed by atoms with E-state index in [1.807, 2.05) is 44.2 Å². The number of amides is 1. The SMILES string of the molecule is COc1cc(C)cc(C)c1C(=O)N[C@]1(c2ccccc2)C[C@@H](C)CN(C)C1. The molecule has 1 fully saturated rings. The highest BCUT2D eigenvalue weighted by Gasteiger charge is 2.40. The number of likely N-dealkylation sites (N-methyl/N-ethyl adjacent to an activating group) is 1. The molecule has 0 aromatic heterocycles. The Morgan fingerprint density at radius 3 is 2.56 bits per heavy atom.